The molecule has 0 aliphatic heterocycles. The van der Waals surface area contributed by atoms with Crippen LogP contribution in [0.1, 0.15) is 11.1 Å². The van der Waals surface area contributed by atoms with Crippen LogP contribution in [0.25, 0.3) is 0 Å². The van der Waals surface area contributed by atoms with Crippen molar-refractivity contribution in [1.82, 2.24) is 4.98 Å². The maximum absolute atomic E-state index is 12.5. The van der Waals surface area contributed by atoms with Gasteiger partial charge in [-0.1, -0.05) is 0 Å². The van der Waals surface area contributed by atoms with E-state index in [0.717, 1.165) is 6.07 Å². The van der Waals surface area contributed by atoms with Crippen molar-refractivity contribution >= 4 is 15.8 Å². The molecule has 16 heavy (non-hydrogen) atoms. The Morgan fingerprint density at radius 2 is 1.88 bits per heavy atom. The van der Waals surface area contributed by atoms with Crippen LogP contribution in [-0.2, 0) is 11.9 Å². The summed E-state index contributed by atoms with van der Waals surface area (Å²) in [6.45, 7) is 0. The molecule has 0 fully saturated rings. The number of halogens is 3. The number of anilines is 1. The molecule has 6 heteroatoms. The van der Waals surface area contributed by atoms with Crippen LogP contribution < -0.4 is 5.73 Å². The summed E-state index contributed by atoms with van der Waals surface area (Å²) in [6.07, 6.45) is 3.10. The Kier molecular flexibility index (Phi) is 3.42. The van der Waals surface area contributed by atoms with E-state index < -0.39 is 27.6 Å². The van der Waals surface area contributed by atoms with Crippen LogP contribution in [0.3, 0.4) is 0 Å². The van der Waals surface area contributed by atoms with Crippen molar-refractivity contribution in [1.29, 1.82) is 0 Å². The summed E-state index contributed by atoms with van der Waals surface area (Å²) in [4.78, 5) is 3.60. The van der Waals surface area contributed by atoms with E-state index in [9.17, 15) is 13.2 Å². The molecule has 0 saturated carbocycles. The normalized spacial score (nSPS) is 13.9. The van der Waals surface area contributed by atoms with E-state index >= 15 is 0 Å². The molecule has 0 aromatic carbocycles. The lowest BCUT2D eigenvalue weighted by molar-refractivity contribution is -0.137. The van der Waals surface area contributed by atoms with Gasteiger partial charge in [-0.05, 0) is 30.4 Å². The van der Waals surface area contributed by atoms with Gasteiger partial charge in [0.25, 0.3) is 0 Å². The fourth-order valence-corrected chi connectivity index (χ4v) is 2.48. The quantitative estimate of drug-likeness (QED) is 0.879. The van der Waals surface area contributed by atoms with Gasteiger partial charge in [-0.3, -0.25) is 0 Å². The Hall–Kier alpha value is -0.910. The summed E-state index contributed by atoms with van der Waals surface area (Å²) in [5.41, 5.74) is 4.96. The fraction of sp³-hybridized carbons (Fsp3) is 0.500. The van der Waals surface area contributed by atoms with Crippen LogP contribution in [0.4, 0.5) is 19.0 Å². The predicted molar refractivity (Wildman–Crippen MR) is 62.7 cm³/mol. The first kappa shape index (κ1) is 13.2. The maximum Gasteiger partial charge on any atom is 0.419 e. The SMILES string of the molecule is CS(C)(C)Cc1cnc(N)c(C(F)(F)F)c1. The Morgan fingerprint density at radius 3 is 2.31 bits per heavy atom. The third-order valence-corrected chi connectivity index (χ3v) is 3.08. The average molecular weight is 252 g/mol. The van der Waals surface area contributed by atoms with Gasteiger partial charge in [0.2, 0.25) is 0 Å². The number of rotatable bonds is 2. The fourth-order valence-electron chi connectivity index (χ4n) is 1.32. The minimum absolute atomic E-state index is 0.458. The van der Waals surface area contributed by atoms with Gasteiger partial charge in [-0.25, -0.2) is 15.0 Å². The van der Waals surface area contributed by atoms with Crippen LogP contribution in [-0.4, -0.2) is 23.8 Å². The Morgan fingerprint density at radius 1 is 1.31 bits per heavy atom. The second kappa shape index (κ2) is 4.16. The minimum atomic E-state index is -4.43. The number of hydrogen-bond acceptors (Lipinski definition) is 2. The summed E-state index contributed by atoms with van der Waals surface area (Å²) in [5.74, 6) is 0.156. The van der Waals surface area contributed by atoms with Crippen LogP contribution in [0, 0.1) is 0 Å². The van der Waals surface area contributed by atoms with E-state index in [-0.39, 0.29) is 0 Å². The van der Waals surface area contributed by atoms with E-state index in [4.69, 9.17) is 5.73 Å². The summed E-state index contributed by atoms with van der Waals surface area (Å²) in [7, 11) is -0.900. The lowest BCUT2D eigenvalue weighted by Gasteiger charge is -2.25. The number of pyridine rings is 1. The second-order valence-corrected chi connectivity index (χ2v) is 8.98. The molecule has 92 valence electrons. The summed E-state index contributed by atoms with van der Waals surface area (Å²) < 4.78 is 37.6. The van der Waals surface area contributed by atoms with Crippen molar-refractivity contribution in [3.63, 3.8) is 0 Å². The van der Waals surface area contributed by atoms with Gasteiger partial charge < -0.3 is 5.73 Å². The molecule has 0 aliphatic rings. The standard InChI is InChI=1S/C10H15F3N2S/c1-16(2,3)6-7-4-8(10(11,12)13)9(14)15-5-7/h4-5H,6H2,1-3H3,(H2,14,15). The number of nitrogen functional groups attached to an aromatic ring is 1. The molecule has 0 radical (unpaired) electrons. The summed E-state index contributed by atoms with van der Waals surface area (Å²) >= 11 is 0. The Bertz CT molecular complexity index is 383. The first-order valence-electron chi connectivity index (χ1n) is 4.57. The molecular weight excluding hydrogens is 237 g/mol. The smallest absolute Gasteiger partial charge is 0.383 e. The molecule has 0 bridgehead atoms. The predicted octanol–water partition coefficient (Wildman–Crippen LogP) is 2.88. The molecule has 0 atom stereocenters. The molecule has 0 aliphatic carbocycles. The average Bonchev–Trinajstić information content (AvgIpc) is 2.04. The highest BCUT2D eigenvalue weighted by Gasteiger charge is 2.34. The van der Waals surface area contributed by atoms with Crippen molar-refractivity contribution in [2.75, 3.05) is 24.5 Å². The molecule has 0 amide bonds. The molecule has 0 unspecified atom stereocenters. The largest absolute Gasteiger partial charge is 0.419 e. The molecule has 1 aromatic rings. The minimum Gasteiger partial charge on any atom is -0.383 e. The monoisotopic (exact) mass is 252 g/mol. The second-order valence-electron chi connectivity index (χ2n) is 4.51. The number of nitrogens with two attached hydrogens (primary N) is 1. The zero-order chi connectivity index (χ0) is 12.6. The van der Waals surface area contributed by atoms with Crippen molar-refractivity contribution in [3.8, 4) is 0 Å². The highest BCUT2D eigenvalue weighted by Crippen LogP contribution is 2.40. The molecule has 0 saturated heterocycles. The molecular formula is C10H15F3N2S. The zero-order valence-corrected chi connectivity index (χ0v) is 10.2. The Labute approximate surface area is 94.4 Å². The van der Waals surface area contributed by atoms with Gasteiger partial charge in [0, 0.05) is 11.9 Å². The van der Waals surface area contributed by atoms with Crippen molar-refractivity contribution in [2.24, 2.45) is 0 Å². The van der Waals surface area contributed by atoms with Crippen molar-refractivity contribution in [3.05, 3.63) is 23.4 Å². The van der Waals surface area contributed by atoms with E-state index in [1.54, 1.807) is 0 Å². The number of hydrogen-bond donors (Lipinski definition) is 1. The number of alkyl halides is 3. The van der Waals surface area contributed by atoms with Crippen LogP contribution in [0.15, 0.2) is 12.3 Å². The molecule has 1 aromatic heterocycles. The van der Waals surface area contributed by atoms with Gasteiger partial charge in [-0.15, -0.1) is 0 Å². The highest BCUT2D eigenvalue weighted by molar-refractivity contribution is 8.31. The highest BCUT2D eigenvalue weighted by atomic mass is 32.3. The topological polar surface area (TPSA) is 38.9 Å². The van der Waals surface area contributed by atoms with Crippen LogP contribution in [0.2, 0.25) is 0 Å². The van der Waals surface area contributed by atoms with Gasteiger partial charge in [0.05, 0.1) is 5.56 Å². The van der Waals surface area contributed by atoms with Gasteiger partial charge in [-0.2, -0.15) is 13.2 Å². The zero-order valence-electron chi connectivity index (χ0n) is 9.43. The first-order chi connectivity index (χ1) is 7.09. The Balaban J connectivity index is 3.09. The lowest BCUT2D eigenvalue weighted by Crippen LogP contribution is -2.11. The van der Waals surface area contributed by atoms with Gasteiger partial charge in [0.1, 0.15) is 5.82 Å². The summed E-state index contributed by atoms with van der Waals surface area (Å²) in [6, 6.07) is 1.10. The lowest BCUT2D eigenvalue weighted by atomic mass is 10.2. The first-order valence-corrected chi connectivity index (χ1v) is 7.60. The van der Waals surface area contributed by atoms with Crippen LogP contribution in [0.5, 0.6) is 0 Å². The van der Waals surface area contributed by atoms with Crippen LogP contribution >= 0.6 is 10.0 Å². The van der Waals surface area contributed by atoms with Crippen molar-refractivity contribution < 1.29 is 13.2 Å². The van der Waals surface area contributed by atoms with Crippen molar-refractivity contribution in [2.45, 2.75) is 11.9 Å². The van der Waals surface area contributed by atoms with E-state index in [2.05, 4.69) is 4.98 Å². The third kappa shape index (κ3) is 3.59. The molecule has 1 heterocycles. The molecule has 2 nitrogen and oxygen atoms in total. The van der Waals surface area contributed by atoms with Gasteiger partial charge >= 0.3 is 6.18 Å². The van der Waals surface area contributed by atoms with E-state index in [1.165, 1.54) is 6.20 Å². The summed E-state index contributed by atoms with van der Waals surface area (Å²) in [5, 5.41) is 0. The van der Waals surface area contributed by atoms with E-state index in [1.807, 2.05) is 18.8 Å². The van der Waals surface area contributed by atoms with E-state index in [0.29, 0.717) is 11.3 Å². The third-order valence-electron chi connectivity index (χ3n) is 1.88. The van der Waals surface area contributed by atoms with Gasteiger partial charge in [0.15, 0.2) is 0 Å². The molecule has 1 rings (SSSR count). The molecule has 2 N–H and O–H groups in total. The molecule has 0 spiro atoms. The number of nitrogens with zero attached hydrogens (tertiary/aromatic N) is 1. The maximum atomic E-state index is 12.5. The number of aromatic nitrogens is 1.